The molecule has 0 aliphatic heterocycles. The lowest BCUT2D eigenvalue weighted by Gasteiger charge is -2.08. The van der Waals surface area contributed by atoms with Gasteiger partial charge in [-0.1, -0.05) is 46.9 Å². The van der Waals surface area contributed by atoms with E-state index >= 15 is 0 Å². The van der Waals surface area contributed by atoms with E-state index in [-0.39, 0.29) is 0 Å². The van der Waals surface area contributed by atoms with Crippen LogP contribution in [0.5, 0.6) is 11.5 Å². The van der Waals surface area contributed by atoms with Crippen molar-refractivity contribution < 1.29 is 4.74 Å². The van der Waals surface area contributed by atoms with Gasteiger partial charge in [-0.25, -0.2) is 0 Å². The zero-order valence-corrected chi connectivity index (χ0v) is 10.4. The van der Waals surface area contributed by atoms with Crippen molar-refractivity contribution in [3.8, 4) is 11.5 Å². The quantitative estimate of drug-likeness (QED) is 0.708. The molecule has 0 heterocycles. The van der Waals surface area contributed by atoms with Gasteiger partial charge in [-0.15, -0.1) is 0 Å². The molecule has 82 valence electrons. The maximum atomic E-state index is 5.97. The number of para-hydroxylation sites is 1. The standard InChI is InChI=1S/C12H7Cl3O/c13-8-5-6-10(15)12(7-8)16-11-4-2-1-3-9(11)14/h1-7H. The van der Waals surface area contributed by atoms with Gasteiger partial charge >= 0.3 is 0 Å². The lowest BCUT2D eigenvalue weighted by molar-refractivity contribution is 0.483. The van der Waals surface area contributed by atoms with E-state index in [1.54, 1.807) is 30.3 Å². The largest absolute Gasteiger partial charge is 0.454 e. The van der Waals surface area contributed by atoms with E-state index in [0.29, 0.717) is 26.6 Å². The Hall–Kier alpha value is -0.890. The zero-order valence-electron chi connectivity index (χ0n) is 8.08. The molecule has 0 amide bonds. The summed E-state index contributed by atoms with van der Waals surface area (Å²) >= 11 is 17.8. The molecule has 0 aliphatic rings. The maximum Gasteiger partial charge on any atom is 0.147 e. The van der Waals surface area contributed by atoms with Crippen molar-refractivity contribution in [3.63, 3.8) is 0 Å². The van der Waals surface area contributed by atoms with Crippen LogP contribution in [0.15, 0.2) is 42.5 Å². The highest BCUT2D eigenvalue weighted by atomic mass is 35.5. The van der Waals surface area contributed by atoms with Crippen molar-refractivity contribution in [1.82, 2.24) is 0 Å². The van der Waals surface area contributed by atoms with Gasteiger partial charge in [0.05, 0.1) is 10.0 Å². The first-order chi connectivity index (χ1) is 7.66. The Kier molecular flexibility index (Phi) is 3.59. The minimum atomic E-state index is 0.488. The van der Waals surface area contributed by atoms with Gasteiger partial charge in [-0.05, 0) is 24.3 Å². The van der Waals surface area contributed by atoms with Crippen LogP contribution < -0.4 is 4.74 Å². The minimum absolute atomic E-state index is 0.488. The highest BCUT2D eigenvalue weighted by Gasteiger charge is 2.06. The molecule has 4 heteroatoms. The van der Waals surface area contributed by atoms with Crippen LogP contribution in [0.25, 0.3) is 0 Å². The molecule has 0 fully saturated rings. The van der Waals surface area contributed by atoms with E-state index in [2.05, 4.69) is 0 Å². The first-order valence-electron chi connectivity index (χ1n) is 4.54. The molecule has 0 N–H and O–H groups in total. The number of ether oxygens (including phenoxy) is 1. The summed E-state index contributed by atoms with van der Waals surface area (Å²) < 4.78 is 5.57. The number of benzene rings is 2. The summed E-state index contributed by atoms with van der Waals surface area (Å²) in [5, 5.41) is 1.58. The molecule has 16 heavy (non-hydrogen) atoms. The van der Waals surface area contributed by atoms with E-state index in [9.17, 15) is 0 Å². The van der Waals surface area contributed by atoms with Crippen LogP contribution in [-0.4, -0.2) is 0 Å². The summed E-state index contributed by atoms with van der Waals surface area (Å²) in [6.45, 7) is 0. The molecule has 2 rings (SSSR count). The Balaban J connectivity index is 2.34. The van der Waals surface area contributed by atoms with Crippen LogP contribution in [-0.2, 0) is 0 Å². The van der Waals surface area contributed by atoms with Crippen molar-refractivity contribution in [2.45, 2.75) is 0 Å². The van der Waals surface area contributed by atoms with Crippen LogP contribution in [0.4, 0.5) is 0 Å². The molecule has 0 radical (unpaired) electrons. The summed E-state index contributed by atoms with van der Waals surface area (Å²) in [4.78, 5) is 0. The van der Waals surface area contributed by atoms with E-state index < -0.39 is 0 Å². The zero-order chi connectivity index (χ0) is 11.5. The Bertz CT molecular complexity index is 511. The number of rotatable bonds is 2. The summed E-state index contributed by atoms with van der Waals surface area (Å²) in [6.07, 6.45) is 0. The molecule has 2 aromatic rings. The third-order valence-corrected chi connectivity index (χ3v) is 2.81. The monoisotopic (exact) mass is 272 g/mol. The maximum absolute atomic E-state index is 5.97. The fourth-order valence-electron chi connectivity index (χ4n) is 1.20. The molecular formula is C12H7Cl3O. The predicted molar refractivity (Wildman–Crippen MR) is 68.0 cm³/mol. The van der Waals surface area contributed by atoms with E-state index in [4.69, 9.17) is 39.5 Å². The van der Waals surface area contributed by atoms with Crippen LogP contribution in [0.2, 0.25) is 15.1 Å². The Morgan fingerprint density at radius 3 is 2.19 bits per heavy atom. The molecule has 0 saturated heterocycles. The molecule has 0 aliphatic carbocycles. The third-order valence-electron chi connectivity index (χ3n) is 1.95. The van der Waals surface area contributed by atoms with E-state index in [0.717, 1.165) is 0 Å². The summed E-state index contributed by atoms with van der Waals surface area (Å²) in [5.41, 5.74) is 0. The van der Waals surface area contributed by atoms with Gasteiger partial charge in [0, 0.05) is 11.1 Å². The smallest absolute Gasteiger partial charge is 0.147 e. The molecular weight excluding hydrogens is 266 g/mol. The molecule has 0 spiro atoms. The van der Waals surface area contributed by atoms with Crippen LogP contribution >= 0.6 is 34.8 Å². The number of hydrogen-bond donors (Lipinski definition) is 0. The average molecular weight is 274 g/mol. The highest BCUT2D eigenvalue weighted by Crippen LogP contribution is 2.34. The van der Waals surface area contributed by atoms with Gasteiger partial charge < -0.3 is 4.74 Å². The van der Waals surface area contributed by atoms with Crippen LogP contribution in [0.3, 0.4) is 0 Å². The first-order valence-corrected chi connectivity index (χ1v) is 5.67. The van der Waals surface area contributed by atoms with Crippen LogP contribution in [0.1, 0.15) is 0 Å². The van der Waals surface area contributed by atoms with Crippen molar-refractivity contribution >= 4 is 34.8 Å². The Morgan fingerprint density at radius 1 is 0.750 bits per heavy atom. The first kappa shape index (κ1) is 11.6. The highest BCUT2D eigenvalue weighted by molar-refractivity contribution is 6.34. The second-order valence-corrected chi connectivity index (χ2v) is 4.36. The van der Waals surface area contributed by atoms with Crippen molar-refractivity contribution in [2.24, 2.45) is 0 Å². The summed E-state index contributed by atoms with van der Waals surface area (Å²) in [6, 6.07) is 12.2. The molecule has 2 aromatic carbocycles. The Morgan fingerprint density at radius 2 is 1.44 bits per heavy atom. The van der Waals surface area contributed by atoms with Crippen LogP contribution in [0, 0.1) is 0 Å². The summed E-state index contributed by atoms with van der Waals surface area (Å²) in [7, 11) is 0. The fraction of sp³-hybridized carbons (Fsp3) is 0. The second kappa shape index (κ2) is 4.96. The minimum Gasteiger partial charge on any atom is -0.454 e. The molecule has 0 saturated carbocycles. The van der Waals surface area contributed by atoms with Gasteiger partial charge in [0.1, 0.15) is 11.5 Å². The Labute approximate surface area is 109 Å². The SMILES string of the molecule is Clc1ccc(Cl)c(Oc2ccccc2Cl)c1. The molecule has 1 nitrogen and oxygen atoms in total. The fourth-order valence-corrected chi connectivity index (χ4v) is 1.69. The second-order valence-electron chi connectivity index (χ2n) is 3.11. The van der Waals surface area contributed by atoms with Gasteiger partial charge in [0.25, 0.3) is 0 Å². The molecule has 0 unspecified atom stereocenters. The van der Waals surface area contributed by atoms with Gasteiger partial charge in [0.15, 0.2) is 0 Å². The molecule has 0 aromatic heterocycles. The number of halogens is 3. The average Bonchev–Trinajstić information content (AvgIpc) is 2.27. The van der Waals surface area contributed by atoms with Crippen molar-refractivity contribution in [1.29, 1.82) is 0 Å². The lowest BCUT2D eigenvalue weighted by Crippen LogP contribution is -1.86. The number of hydrogen-bond acceptors (Lipinski definition) is 1. The summed E-state index contributed by atoms with van der Waals surface area (Å²) in [5.74, 6) is 1.04. The molecule has 0 atom stereocenters. The predicted octanol–water partition coefficient (Wildman–Crippen LogP) is 5.44. The van der Waals surface area contributed by atoms with E-state index in [1.165, 1.54) is 0 Å². The van der Waals surface area contributed by atoms with Crippen molar-refractivity contribution in [3.05, 3.63) is 57.5 Å². The normalized spacial score (nSPS) is 10.2. The van der Waals surface area contributed by atoms with Gasteiger partial charge in [0.2, 0.25) is 0 Å². The van der Waals surface area contributed by atoms with Gasteiger partial charge in [-0.2, -0.15) is 0 Å². The van der Waals surface area contributed by atoms with Gasteiger partial charge in [-0.3, -0.25) is 0 Å². The van der Waals surface area contributed by atoms with E-state index in [1.807, 2.05) is 12.1 Å². The van der Waals surface area contributed by atoms with Crippen molar-refractivity contribution in [2.75, 3.05) is 0 Å². The lowest BCUT2D eigenvalue weighted by atomic mass is 10.3. The topological polar surface area (TPSA) is 9.23 Å². The third kappa shape index (κ3) is 2.62. The molecule has 0 bridgehead atoms.